The number of carbonyl (C=O) groups is 2. The van der Waals surface area contributed by atoms with Crippen LogP contribution in [-0.4, -0.2) is 38.7 Å². The Labute approximate surface area is 166 Å². The number of carbonyl (C=O) groups excluding carboxylic acids is 2. The topological polar surface area (TPSA) is 94.3 Å². The van der Waals surface area contributed by atoms with Gasteiger partial charge in [0.1, 0.15) is 5.75 Å². The molecule has 4 aromatic rings. The van der Waals surface area contributed by atoms with Crippen LogP contribution in [0.15, 0.2) is 60.7 Å². The second-order valence-electron chi connectivity index (χ2n) is 6.43. The van der Waals surface area contributed by atoms with Gasteiger partial charge in [0.15, 0.2) is 17.1 Å². The Balaban J connectivity index is 1.98. The van der Waals surface area contributed by atoms with Crippen LogP contribution in [0.2, 0.25) is 0 Å². The molecule has 0 spiro atoms. The first-order valence-electron chi connectivity index (χ1n) is 8.88. The molecular weight excluding hydrogens is 370 g/mol. The van der Waals surface area contributed by atoms with Crippen LogP contribution >= 0.6 is 0 Å². The summed E-state index contributed by atoms with van der Waals surface area (Å²) in [6.07, 6.45) is 0. The van der Waals surface area contributed by atoms with Gasteiger partial charge in [0, 0.05) is 5.39 Å². The summed E-state index contributed by atoms with van der Waals surface area (Å²) >= 11 is 0. The number of benzene rings is 2. The summed E-state index contributed by atoms with van der Waals surface area (Å²) in [5.74, 6) is -1.45. The molecule has 0 atom stereocenters. The van der Waals surface area contributed by atoms with E-state index in [1.54, 1.807) is 29.8 Å². The maximum absolute atomic E-state index is 13.1. The summed E-state index contributed by atoms with van der Waals surface area (Å²) in [4.78, 5) is 30.0. The number of ether oxygens (including phenoxy) is 1. The van der Waals surface area contributed by atoms with E-state index in [0.29, 0.717) is 16.7 Å². The highest BCUT2D eigenvalue weighted by molar-refractivity contribution is 6.16. The molecule has 4 rings (SSSR count). The van der Waals surface area contributed by atoms with Crippen LogP contribution in [0.3, 0.4) is 0 Å². The highest BCUT2D eigenvalue weighted by atomic mass is 16.5. The van der Waals surface area contributed by atoms with Gasteiger partial charge in [-0.2, -0.15) is 5.10 Å². The van der Waals surface area contributed by atoms with Crippen LogP contribution in [0.25, 0.3) is 16.7 Å². The summed E-state index contributed by atoms with van der Waals surface area (Å²) in [5.41, 5.74) is 1.84. The first kappa shape index (κ1) is 18.4. The minimum absolute atomic E-state index is 0.0431. The van der Waals surface area contributed by atoms with Gasteiger partial charge in [-0.15, -0.1) is 0 Å². The highest BCUT2D eigenvalue weighted by Crippen LogP contribution is 2.27. The minimum Gasteiger partial charge on any atom is -0.507 e. The summed E-state index contributed by atoms with van der Waals surface area (Å²) < 4.78 is 6.47. The second kappa shape index (κ2) is 7.20. The second-order valence-corrected chi connectivity index (χ2v) is 6.43. The Morgan fingerprint density at radius 2 is 1.69 bits per heavy atom. The van der Waals surface area contributed by atoms with Gasteiger partial charge < -0.3 is 9.84 Å². The molecular formula is C22H17N3O4. The number of fused-ring (bicyclic) bond motifs is 1. The number of aryl methyl sites for hydroxylation is 1. The van der Waals surface area contributed by atoms with E-state index in [-0.39, 0.29) is 22.6 Å². The fraction of sp³-hybridized carbons (Fsp3) is 0.0909. The molecule has 29 heavy (non-hydrogen) atoms. The number of rotatable bonds is 4. The number of hydrogen-bond acceptors (Lipinski definition) is 6. The molecule has 0 saturated heterocycles. The number of pyridine rings is 1. The van der Waals surface area contributed by atoms with Crippen LogP contribution in [0, 0.1) is 6.92 Å². The van der Waals surface area contributed by atoms with Crippen molar-refractivity contribution in [2.75, 3.05) is 7.11 Å². The number of methoxy groups -OCH3 is 1. The number of hydrogen-bond donors (Lipinski definition) is 1. The fourth-order valence-electron chi connectivity index (χ4n) is 3.17. The summed E-state index contributed by atoms with van der Waals surface area (Å²) in [5, 5.41) is 15.2. The minimum atomic E-state index is -0.746. The maximum Gasteiger partial charge on any atom is 0.357 e. The largest absolute Gasteiger partial charge is 0.507 e. The lowest BCUT2D eigenvalue weighted by Crippen LogP contribution is -2.14. The van der Waals surface area contributed by atoms with Crippen molar-refractivity contribution < 1.29 is 19.4 Å². The molecule has 7 nitrogen and oxygen atoms in total. The number of para-hydroxylation sites is 2. The Bertz CT molecular complexity index is 1250. The van der Waals surface area contributed by atoms with E-state index in [2.05, 4.69) is 10.1 Å². The van der Waals surface area contributed by atoms with Crippen LogP contribution in [0.4, 0.5) is 0 Å². The molecule has 0 aliphatic carbocycles. The Morgan fingerprint density at radius 1 is 1.00 bits per heavy atom. The number of ketones is 1. The molecule has 0 unspecified atom stereocenters. The monoisotopic (exact) mass is 387 g/mol. The lowest BCUT2D eigenvalue weighted by molar-refractivity contribution is 0.0591. The average molecular weight is 387 g/mol. The summed E-state index contributed by atoms with van der Waals surface area (Å²) in [6, 6.07) is 17.1. The van der Waals surface area contributed by atoms with E-state index in [0.717, 1.165) is 5.69 Å². The zero-order valence-corrected chi connectivity index (χ0v) is 15.8. The van der Waals surface area contributed by atoms with Crippen LogP contribution in [0.1, 0.15) is 32.1 Å². The van der Waals surface area contributed by atoms with Gasteiger partial charge in [-0.3, -0.25) is 4.79 Å². The summed E-state index contributed by atoms with van der Waals surface area (Å²) in [7, 11) is 1.22. The predicted octanol–water partition coefficient (Wildman–Crippen LogP) is 3.45. The molecule has 0 aliphatic rings. The third-order valence-electron chi connectivity index (χ3n) is 4.62. The van der Waals surface area contributed by atoms with Crippen LogP contribution in [0.5, 0.6) is 5.75 Å². The van der Waals surface area contributed by atoms with Gasteiger partial charge in [0.25, 0.3) is 0 Å². The van der Waals surface area contributed by atoms with E-state index >= 15 is 0 Å². The van der Waals surface area contributed by atoms with Crippen molar-refractivity contribution in [1.29, 1.82) is 0 Å². The molecule has 0 radical (unpaired) electrons. The Kier molecular flexibility index (Phi) is 4.56. The van der Waals surface area contributed by atoms with Gasteiger partial charge in [0.05, 0.1) is 29.6 Å². The number of esters is 1. The lowest BCUT2D eigenvalue weighted by Gasteiger charge is -2.09. The third-order valence-corrected chi connectivity index (χ3v) is 4.62. The molecule has 2 aromatic heterocycles. The number of phenolic OH excluding ortho intramolecular Hbond substituents is 1. The summed E-state index contributed by atoms with van der Waals surface area (Å²) in [6.45, 7) is 1.80. The molecule has 0 aliphatic heterocycles. The molecule has 2 aromatic carbocycles. The Hall–Kier alpha value is -4.00. The molecule has 0 saturated carbocycles. The van der Waals surface area contributed by atoms with Crippen LogP contribution in [-0.2, 0) is 4.74 Å². The van der Waals surface area contributed by atoms with Crippen LogP contribution < -0.4 is 0 Å². The predicted molar refractivity (Wildman–Crippen MR) is 106 cm³/mol. The number of aromatic hydroxyl groups is 1. The Morgan fingerprint density at radius 3 is 2.38 bits per heavy atom. The van der Waals surface area contributed by atoms with Crippen molar-refractivity contribution in [3.8, 4) is 11.4 Å². The van der Waals surface area contributed by atoms with E-state index in [1.165, 1.54) is 19.2 Å². The smallest absolute Gasteiger partial charge is 0.357 e. The van der Waals surface area contributed by atoms with E-state index in [4.69, 9.17) is 4.74 Å². The molecule has 0 fully saturated rings. The maximum atomic E-state index is 13.1. The van der Waals surface area contributed by atoms with Crippen molar-refractivity contribution in [3.05, 3.63) is 83.2 Å². The normalized spacial score (nSPS) is 10.8. The quantitative estimate of drug-likeness (QED) is 0.426. The number of phenols is 1. The van der Waals surface area contributed by atoms with Crippen molar-refractivity contribution in [1.82, 2.24) is 14.8 Å². The molecule has 0 bridgehead atoms. The SMILES string of the molecule is COC(=O)c1nc2c(cc1C(=O)c1ccccc1O)c(C)nn2-c1ccccc1. The first-order chi connectivity index (χ1) is 14.0. The highest BCUT2D eigenvalue weighted by Gasteiger charge is 2.25. The molecule has 144 valence electrons. The van der Waals surface area contributed by atoms with E-state index in [1.807, 2.05) is 30.3 Å². The van der Waals surface area contributed by atoms with Crippen molar-refractivity contribution >= 4 is 22.8 Å². The average Bonchev–Trinajstić information content (AvgIpc) is 3.08. The van der Waals surface area contributed by atoms with Gasteiger partial charge >= 0.3 is 5.97 Å². The molecule has 2 heterocycles. The van der Waals surface area contributed by atoms with E-state index < -0.39 is 11.8 Å². The standard InChI is InChI=1S/C22H17N3O4/c1-13-16-12-17(20(27)15-10-6-7-11-18(15)26)19(22(28)29-2)23-21(16)25(24-13)14-8-4-3-5-9-14/h3-12,26H,1-2H3. The number of aromatic nitrogens is 3. The van der Waals surface area contributed by atoms with Crippen molar-refractivity contribution in [2.24, 2.45) is 0 Å². The third kappa shape index (κ3) is 3.12. The van der Waals surface area contributed by atoms with Gasteiger partial charge in [-0.05, 0) is 37.3 Å². The zero-order chi connectivity index (χ0) is 20.5. The van der Waals surface area contributed by atoms with Gasteiger partial charge in [-0.1, -0.05) is 30.3 Å². The van der Waals surface area contributed by atoms with Gasteiger partial charge in [0.2, 0.25) is 0 Å². The van der Waals surface area contributed by atoms with Crippen molar-refractivity contribution in [2.45, 2.75) is 6.92 Å². The molecule has 7 heteroatoms. The fourth-order valence-corrected chi connectivity index (χ4v) is 3.17. The van der Waals surface area contributed by atoms with Gasteiger partial charge in [-0.25, -0.2) is 14.5 Å². The lowest BCUT2D eigenvalue weighted by atomic mass is 9.99. The zero-order valence-electron chi connectivity index (χ0n) is 15.8. The van der Waals surface area contributed by atoms with E-state index in [9.17, 15) is 14.7 Å². The van der Waals surface area contributed by atoms with Crippen molar-refractivity contribution in [3.63, 3.8) is 0 Å². The molecule has 0 amide bonds. The number of nitrogens with zero attached hydrogens (tertiary/aromatic N) is 3. The molecule has 1 N–H and O–H groups in total. The first-order valence-corrected chi connectivity index (χ1v) is 8.88.